The highest BCUT2D eigenvalue weighted by atomic mass is 19.1. The zero-order valence-electron chi connectivity index (χ0n) is 16.1. The molecule has 8 heteroatoms. The van der Waals surface area contributed by atoms with Crippen LogP contribution in [-0.2, 0) is 6.54 Å². The van der Waals surface area contributed by atoms with Gasteiger partial charge < -0.3 is 14.7 Å². The van der Waals surface area contributed by atoms with Gasteiger partial charge >= 0.3 is 6.03 Å². The van der Waals surface area contributed by atoms with Crippen molar-refractivity contribution in [2.75, 3.05) is 31.5 Å². The normalized spacial score (nSPS) is 14.8. The maximum absolute atomic E-state index is 13.7. The van der Waals surface area contributed by atoms with Crippen molar-refractivity contribution in [3.05, 3.63) is 65.8 Å². The standard InChI is InChI=1S/C21H22FN5O2/c1-15-6-2-3-7-16(15)20-24-19(29-25-20)14-26-10-12-27(13-11-26)21(28)23-18-9-5-4-8-17(18)22/h2-9H,10-14H2,1H3,(H,23,28). The van der Waals surface area contributed by atoms with Gasteiger partial charge in [-0.1, -0.05) is 41.6 Å². The monoisotopic (exact) mass is 395 g/mol. The van der Waals surface area contributed by atoms with Crippen LogP contribution in [0.4, 0.5) is 14.9 Å². The summed E-state index contributed by atoms with van der Waals surface area (Å²) in [5, 5.41) is 6.71. The maximum Gasteiger partial charge on any atom is 0.322 e. The molecular weight excluding hydrogens is 373 g/mol. The highest BCUT2D eigenvalue weighted by Gasteiger charge is 2.23. The summed E-state index contributed by atoms with van der Waals surface area (Å²) < 4.78 is 19.1. The number of aromatic nitrogens is 2. The first-order valence-corrected chi connectivity index (χ1v) is 9.51. The van der Waals surface area contributed by atoms with Crippen LogP contribution in [0, 0.1) is 12.7 Å². The van der Waals surface area contributed by atoms with Gasteiger partial charge in [0.15, 0.2) is 0 Å². The number of aryl methyl sites for hydroxylation is 1. The third-order valence-corrected chi connectivity index (χ3v) is 4.99. The molecule has 0 radical (unpaired) electrons. The second-order valence-electron chi connectivity index (χ2n) is 7.00. The predicted molar refractivity (Wildman–Crippen MR) is 107 cm³/mol. The van der Waals surface area contributed by atoms with Gasteiger partial charge in [0.2, 0.25) is 11.7 Å². The summed E-state index contributed by atoms with van der Waals surface area (Å²) in [6, 6.07) is 13.8. The van der Waals surface area contributed by atoms with Gasteiger partial charge in [0.25, 0.3) is 0 Å². The fourth-order valence-corrected chi connectivity index (χ4v) is 3.31. The number of urea groups is 1. The lowest BCUT2D eigenvalue weighted by molar-refractivity contribution is 0.133. The first kappa shape index (κ1) is 19.1. The van der Waals surface area contributed by atoms with Crippen LogP contribution in [0.25, 0.3) is 11.4 Å². The maximum atomic E-state index is 13.7. The molecule has 150 valence electrons. The molecule has 7 nitrogen and oxygen atoms in total. The molecule has 1 N–H and O–H groups in total. The van der Waals surface area contributed by atoms with Crippen LogP contribution >= 0.6 is 0 Å². The summed E-state index contributed by atoms with van der Waals surface area (Å²) >= 11 is 0. The van der Waals surface area contributed by atoms with Crippen LogP contribution in [0.2, 0.25) is 0 Å². The molecule has 0 bridgehead atoms. The van der Waals surface area contributed by atoms with E-state index >= 15 is 0 Å². The lowest BCUT2D eigenvalue weighted by atomic mass is 10.1. The van der Waals surface area contributed by atoms with E-state index in [4.69, 9.17) is 4.52 Å². The fourth-order valence-electron chi connectivity index (χ4n) is 3.31. The number of piperazine rings is 1. The van der Waals surface area contributed by atoms with E-state index in [2.05, 4.69) is 20.4 Å². The molecule has 1 fully saturated rings. The number of carbonyl (C=O) groups is 1. The number of rotatable bonds is 4. The van der Waals surface area contributed by atoms with Crippen molar-refractivity contribution in [1.82, 2.24) is 19.9 Å². The van der Waals surface area contributed by atoms with Gasteiger partial charge in [-0.05, 0) is 24.6 Å². The summed E-state index contributed by atoms with van der Waals surface area (Å²) in [5.74, 6) is 0.689. The van der Waals surface area contributed by atoms with Crippen LogP contribution < -0.4 is 5.32 Å². The number of anilines is 1. The molecule has 0 aliphatic carbocycles. The molecule has 1 aromatic heterocycles. The van der Waals surface area contributed by atoms with E-state index < -0.39 is 5.82 Å². The highest BCUT2D eigenvalue weighted by Crippen LogP contribution is 2.20. The van der Waals surface area contributed by atoms with Gasteiger partial charge in [0.05, 0.1) is 12.2 Å². The largest absolute Gasteiger partial charge is 0.338 e. The number of para-hydroxylation sites is 1. The number of carbonyl (C=O) groups excluding carboxylic acids is 1. The van der Waals surface area contributed by atoms with E-state index in [1.54, 1.807) is 23.1 Å². The number of nitrogens with zero attached hydrogens (tertiary/aromatic N) is 4. The molecular formula is C21H22FN5O2. The summed E-state index contributed by atoms with van der Waals surface area (Å²) in [5.41, 5.74) is 2.24. The Kier molecular flexibility index (Phi) is 5.53. The number of benzene rings is 2. The van der Waals surface area contributed by atoms with Gasteiger partial charge in [-0.3, -0.25) is 4.90 Å². The van der Waals surface area contributed by atoms with Crippen molar-refractivity contribution in [2.45, 2.75) is 13.5 Å². The molecule has 1 aliphatic rings. The summed E-state index contributed by atoms with van der Waals surface area (Å²) in [7, 11) is 0. The number of halogens is 1. The predicted octanol–water partition coefficient (Wildman–Crippen LogP) is 3.53. The van der Waals surface area contributed by atoms with Crippen molar-refractivity contribution in [2.24, 2.45) is 0 Å². The number of nitrogens with one attached hydrogen (secondary N) is 1. The van der Waals surface area contributed by atoms with Crippen molar-refractivity contribution in [3.8, 4) is 11.4 Å². The Morgan fingerprint density at radius 2 is 1.83 bits per heavy atom. The van der Waals surface area contributed by atoms with Crippen LogP contribution in [0.5, 0.6) is 0 Å². The topological polar surface area (TPSA) is 74.5 Å². The molecule has 2 amide bonds. The van der Waals surface area contributed by atoms with E-state index in [1.807, 2.05) is 31.2 Å². The molecule has 3 aromatic rings. The average molecular weight is 395 g/mol. The Labute approximate surface area is 168 Å². The van der Waals surface area contributed by atoms with E-state index in [0.717, 1.165) is 11.1 Å². The molecule has 2 aromatic carbocycles. The number of hydrogen-bond donors (Lipinski definition) is 1. The van der Waals surface area contributed by atoms with Crippen molar-refractivity contribution in [3.63, 3.8) is 0 Å². The number of amides is 2. The minimum atomic E-state index is -0.444. The molecule has 29 heavy (non-hydrogen) atoms. The second kappa shape index (κ2) is 8.40. The van der Waals surface area contributed by atoms with Crippen molar-refractivity contribution >= 4 is 11.7 Å². The van der Waals surface area contributed by atoms with Gasteiger partial charge in [0, 0.05) is 31.7 Å². The molecule has 0 atom stereocenters. The van der Waals surface area contributed by atoms with Crippen molar-refractivity contribution < 1.29 is 13.7 Å². The third kappa shape index (κ3) is 4.43. The summed E-state index contributed by atoms with van der Waals surface area (Å²) in [6.45, 7) is 4.97. The Morgan fingerprint density at radius 3 is 2.59 bits per heavy atom. The first-order chi connectivity index (χ1) is 14.1. The lowest BCUT2D eigenvalue weighted by Crippen LogP contribution is -2.49. The van der Waals surface area contributed by atoms with Gasteiger partial charge in [0.1, 0.15) is 5.82 Å². The van der Waals surface area contributed by atoms with Gasteiger partial charge in [-0.2, -0.15) is 4.98 Å². The lowest BCUT2D eigenvalue weighted by Gasteiger charge is -2.33. The molecule has 0 unspecified atom stereocenters. The zero-order chi connectivity index (χ0) is 20.2. The SMILES string of the molecule is Cc1ccccc1-c1noc(CN2CCN(C(=O)Nc3ccccc3F)CC2)n1. The summed E-state index contributed by atoms with van der Waals surface area (Å²) in [4.78, 5) is 20.7. The molecule has 2 heterocycles. The molecule has 0 spiro atoms. The van der Waals surface area contributed by atoms with E-state index in [9.17, 15) is 9.18 Å². The van der Waals surface area contributed by atoms with Crippen LogP contribution in [-0.4, -0.2) is 52.2 Å². The molecule has 1 aliphatic heterocycles. The Balaban J connectivity index is 1.31. The van der Waals surface area contributed by atoms with E-state index in [-0.39, 0.29) is 11.7 Å². The minimum absolute atomic E-state index is 0.189. The first-order valence-electron chi connectivity index (χ1n) is 9.51. The van der Waals surface area contributed by atoms with Crippen molar-refractivity contribution in [1.29, 1.82) is 0 Å². The quantitative estimate of drug-likeness (QED) is 0.732. The van der Waals surface area contributed by atoms with Gasteiger partial charge in [-0.15, -0.1) is 0 Å². The van der Waals surface area contributed by atoms with Crippen LogP contribution in [0.15, 0.2) is 53.1 Å². The highest BCUT2D eigenvalue weighted by molar-refractivity contribution is 5.89. The van der Waals surface area contributed by atoms with Crippen LogP contribution in [0.1, 0.15) is 11.5 Å². The Hall–Kier alpha value is -3.26. The summed E-state index contributed by atoms with van der Waals surface area (Å²) in [6.07, 6.45) is 0. The Bertz CT molecular complexity index is 998. The number of hydrogen-bond acceptors (Lipinski definition) is 5. The molecule has 4 rings (SSSR count). The van der Waals surface area contributed by atoms with E-state index in [0.29, 0.717) is 44.4 Å². The average Bonchev–Trinajstić information content (AvgIpc) is 3.19. The molecule has 0 saturated carbocycles. The van der Waals surface area contributed by atoms with Crippen LogP contribution in [0.3, 0.4) is 0 Å². The second-order valence-corrected chi connectivity index (χ2v) is 7.00. The molecule has 1 saturated heterocycles. The smallest absolute Gasteiger partial charge is 0.322 e. The fraction of sp³-hybridized carbons (Fsp3) is 0.286. The van der Waals surface area contributed by atoms with Gasteiger partial charge in [-0.25, -0.2) is 9.18 Å². The Morgan fingerprint density at radius 1 is 1.10 bits per heavy atom. The van der Waals surface area contributed by atoms with E-state index in [1.165, 1.54) is 6.07 Å². The third-order valence-electron chi connectivity index (χ3n) is 4.99. The minimum Gasteiger partial charge on any atom is -0.338 e. The zero-order valence-corrected chi connectivity index (χ0v) is 16.1.